The second kappa shape index (κ2) is 7.02. The number of carbonyl (C=O) groups is 1. The van der Waals surface area contributed by atoms with Gasteiger partial charge in [-0.05, 0) is 23.8 Å². The van der Waals surface area contributed by atoms with E-state index in [1.54, 1.807) is 6.07 Å². The van der Waals surface area contributed by atoms with E-state index in [-0.39, 0.29) is 23.6 Å². The molecule has 1 aromatic carbocycles. The van der Waals surface area contributed by atoms with E-state index in [0.717, 1.165) is 17.2 Å². The Morgan fingerprint density at radius 3 is 2.72 bits per heavy atom. The number of amides is 1. The lowest BCUT2D eigenvalue weighted by Gasteiger charge is -2.24. The van der Waals surface area contributed by atoms with Crippen molar-refractivity contribution >= 4 is 22.6 Å². The molecule has 0 radical (unpaired) electrons. The predicted molar refractivity (Wildman–Crippen MR) is 104 cm³/mol. The molecule has 0 bridgehead atoms. The van der Waals surface area contributed by atoms with Crippen molar-refractivity contribution in [3.05, 3.63) is 58.2 Å². The first-order valence-corrected chi connectivity index (χ1v) is 9.60. The van der Waals surface area contributed by atoms with E-state index in [9.17, 15) is 22.4 Å². The van der Waals surface area contributed by atoms with E-state index in [1.165, 1.54) is 18.1 Å². The lowest BCUT2D eigenvalue weighted by Crippen LogP contribution is -2.33. The molecular formula is C21H16F4N4O3. The molecule has 0 aliphatic carbocycles. The number of likely N-dealkylation sites (N-methyl/N-ethyl adjacent to an activating group) is 1. The van der Waals surface area contributed by atoms with Crippen LogP contribution in [-0.2, 0) is 24.1 Å². The number of anilines is 1. The third-order valence-electron chi connectivity index (χ3n) is 5.77. The van der Waals surface area contributed by atoms with Crippen molar-refractivity contribution in [2.75, 3.05) is 19.4 Å². The zero-order chi connectivity index (χ0) is 22.8. The van der Waals surface area contributed by atoms with E-state index < -0.39 is 29.5 Å². The van der Waals surface area contributed by atoms with Crippen molar-refractivity contribution in [2.45, 2.75) is 25.4 Å². The molecule has 0 saturated heterocycles. The van der Waals surface area contributed by atoms with E-state index in [0.29, 0.717) is 36.0 Å². The average Bonchev–Trinajstić information content (AvgIpc) is 3.40. The van der Waals surface area contributed by atoms with E-state index in [4.69, 9.17) is 15.2 Å². The molecule has 1 atom stereocenters. The van der Waals surface area contributed by atoms with Gasteiger partial charge in [-0.2, -0.15) is 13.2 Å². The van der Waals surface area contributed by atoms with Gasteiger partial charge in [0.15, 0.2) is 0 Å². The van der Waals surface area contributed by atoms with Gasteiger partial charge in [0.25, 0.3) is 5.91 Å². The summed E-state index contributed by atoms with van der Waals surface area (Å²) in [4.78, 5) is 22.8. The van der Waals surface area contributed by atoms with E-state index in [1.807, 2.05) is 0 Å². The molecule has 32 heavy (non-hydrogen) atoms. The molecular weight excluding hydrogens is 432 g/mol. The summed E-state index contributed by atoms with van der Waals surface area (Å²) in [5.41, 5.74) is 6.86. The fraction of sp³-hybridized carbons (Fsp3) is 0.286. The molecule has 0 fully saturated rings. The maximum Gasteiger partial charge on any atom is 0.416 e. The average molecular weight is 448 g/mol. The summed E-state index contributed by atoms with van der Waals surface area (Å²) in [6.07, 6.45) is -3.30. The molecule has 2 aliphatic rings. The lowest BCUT2D eigenvalue weighted by atomic mass is 10.0. The molecule has 5 rings (SSSR count). The van der Waals surface area contributed by atoms with Gasteiger partial charge in [0.2, 0.25) is 0 Å². The Kier molecular flexibility index (Phi) is 4.48. The van der Waals surface area contributed by atoms with Crippen LogP contribution in [0.1, 0.15) is 38.8 Å². The fourth-order valence-electron chi connectivity index (χ4n) is 4.07. The van der Waals surface area contributed by atoms with Gasteiger partial charge in [-0.15, -0.1) is 0 Å². The summed E-state index contributed by atoms with van der Waals surface area (Å²) in [6.45, 7) is 0.471. The van der Waals surface area contributed by atoms with Gasteiger partial charge in [-0.25, -0.2) is 14.4 Å². The maximum absolute atomic E-state index is 14.6. The standard InChI is InChI=1S/C21H16F4N4O3/c1-29(16-8-32-17-3-9(21(23,24)25)2-13(22)18(16)17)20(30)14-4-10-11-6-31-7-12(11)19(26)28-15(10)5-27-14/h2-5,16H,6-8H2,1H3,(H2,26,28)/t16-/m1/s1. The number of nitrogen functional groups attached to an aromatic ring is 1. The highest BCUT2D eigenvalue weighted by atomic mass is 19.4. The third kappa shape index (κ3) is 3.11. The van der Waals surface area contributed by atoms with Gasteiger partial charge >= 0.3 is 6.18 Å². The van der Waals surface area contributed by atoms with Crippen LogP contribution in [0.3, 0.4) is 0 Å². The quantitative estimate of drug-likeness (QED) is 0.603. The number of rotatable bonds is 2. The number of benzene rings is 1. The molecule has 2 aliphatic heterocycles. The minimum absolute atomic E-state index is 0.0708. The number of fused-ring (bicyclic) bond motifs is 4. The maximum atomic E-state index is 14.6. The molecule has 1 amide bonds. The Bertz CT molecular complexity index is 1280. The van der Waals surface area contributed by atoms with Crippen LogP contribution in [0.2, 0.25) is 0 Å². The van der Waals surface area contributed by atoms with Crippen molar-refractivity contribution in [1.82, 2.24) is 14.9 Å². The molecule has 0 saturated carbocycles. The van der Waals surface area contributed by atoms with Crippen LogP contribution in [0.4, 0.5) is 23.4 Å². The fourth-order valence-corrected chi connectivity index (χ4v) is 4.07. The highest BCUT2D eigenvalue weighted by Crippen LogP contribution is 2.42. The van der Waals surface area contributed by atoms with E-state index >= 15 is 0 Å². The normalized spacial score (nSPS) is 17.2. The molecule has 11 heteroatoms. The van der Waals surface area contributed by atoms with Crippen molar-refractivity contribution < 1.29 is 31.8 Å². The summed E-state index contributed by atoms with van der Waals surface area (Å²) in [5, 5.41) is 0.669. The smallest absolute Gasteiger partial charge is 0.416 e. The minimum atomic E-state index is -4.71. The summed E-state index contributed by atoms with van der Waals surface area (Å²) in [5.74, 6) is -1.52. The Morgan fingerprint density at radius 1 is 1.22 bits per heavy atom. The number of carbonyl (C=O) groups excluding carboxylic acids is 1. The number of pyridine rings is 2. The second-order valence-corrected chi connectivity index (χ2v) is 7.64. The van der Waals surface area contributed by atoms with Crippen LogP contribution < -0.4 is 10.5 Å². The largest absolute Gasteiger partial charge is 0.491 e. The van der Waals surface area contributed by atoms with Crippen molar-refractivity contribution in [3.63, 3.8) is 0 Å². The van der Waals surface area contributed by atoms with Crippen molar-refractivity contribution in [1.29, 1.82) is 0 Å². The summed E-state index contributed by atoms with van der Waals surface area (Å²) in [6, 6.07) is 1.81. The first-order valence-electron chi connectivity index (χ1n) is 9.60. The molecule has 2 aromatic heterocycles. The Balaban J connectivity index is 1.49. The SMILES string of the molecule is CN(C(=O)c1cc2c3c(c(N)nc2cn1)COC3)[C@@H]1COc2cc(C(F)(F)F)cc(F)c21. The number of alkyl halides is 3. The molecule has 7 nitrogen and oxygen atoms in total. The Hall–Kier alpha value is -3.47. The monoisotopic (exact) mass is 448 g/mol. The number of nitrogens with two attached hydrogens (primary N) is 1. The zero-order valence-electron chi connectivity index (χ0n) is 16.7. The second-order valence-electron chi connectivity index (χ2n) is 7.64. The highest BCUT2D eigenvalue weighted by molar-refractivity contribution is 5.97. The van der Waals surface area contributed by atoms with Gasteiger partial charge in [-0.3, -0.25) is 4.79 Å². The summed E-state index contributed by atoms with van der Waals surface area (Å²) < 4.78 is 64.2. The summed E-state index contributed by atoms with van der Waals surface area (Å²) in [7, 11) is 1.42. The van der Waals surface area contributed by atoms with E-state index in [2.05, 4.69) is 9.97 Å². The van der Waals surface area contributed by atoms with Crippen LogP contribution in [0.5, 0.6) is 5.75 Å². The van der Waals surface area contributed by atoms with Crippen LogP contribution in [0.15, 0.2) is 24.4 Å². The molecule has 3 aromatic rings. The van der Waals surface area contributed by atoms with Crippen molar-refractivity contribution in [2.24, 2.45) is 0 Å². The van der Waals surface area contributed by atoms with Crippen LogP contribution in [0, 0.1) is 5.82 Å². The molecule has 0 unspecified atom stereocenters. The number of ether oxygens (including phenoxy) is 2. The Morgan fingerprint density at radius 2 is 1.97 bits per heavy atom. The predicted octanol–water partition coefficient (Wildman–Crippen LogP) is 3.61. The number of hydrogen-bond acceptors (Lipinski definition) is 6. The zero-order valence-corrected chi connectivity index (χ0v) is 16.7. The Labute approximate surface area is 178 Å². The number of aromatic nitrogens is 2. The number of nitrogens with zero attached hydrogens (tertiary/aromatic N) is 3. The number of hydrogen-bond donors (Lipinski definition) is 1. The molecule has 166 valence electrons. The lowest BCUT2D eigenvalue weighted by molar-refractivity contribution is -0.137. The van der Waals surface area contributed by atoms with Gasteiger partial charge in [0.1, 0.15) is 29.7 Å². The molecule has 4 heterocycles. The third-order valence-corrected chi connectivity index (χ3v) is 5.77. The molecule has 0 spiro atoms. The van der Waals surface area contributed by atoms with Gasteiger partial charge in [0, 0.05) is 18.0 Å². The van der Waals surface area contributed by atoms with Crippen molar-refractivity contribution in [3.8, 4) is 5.75 Å². The highest BCUT2D eigenvalue weighted by Gasteiger charge is 2.38. The van der Waals surface area contributed by atoms with Gasteiger partial charge < -0.3 is 20.1 Å². The van der Waals surface area contributed by atoms with Crippen LogP contribution in [-0.4, -0.2) is 34.4 Å². The first kappa shape index (κ1) is 20.4. The number of halogens is 4. The topological polar surface area (TPSA) is 90.6 Å². The van der Waals surface area contributed by atoms with Gasteiger partial charge in [0.05, 0.1) is 42.1 Å². The summed E-state index contributed by atoms with van der Waals surface area (Å²) >= 11 is 0. The van der Waals surface area contributed by atoms with Gasteiger partial charge in [-0.1, -0.05) is 0 Å². The minimum Gasteiger partial charge on any atom is -0.491 e. The van der Waals surface area contributed by atoms with Crippen LogP contribution in [0.25, 0.3) is 10.9 Å². The molecule has 2 N–H and O–H groups in total. The van der Waals surface area contributed by atoms with Crippen LogP contribution >= 0.6 is 0 Å². The first-order chi connectivity index (χ1) is 15.1.